The van der Waals surface area contributed by atoms with Crippen molar-refractivity contribution in [1.82, 2.24) is 9.97 Å². The molecule has 0 bridgehead atoms. The first kappa shape index (κ1) is 63.6. The second-order valence-corrected chi connectivity index (χ2v) is 28.3. The summed E-state index contributed by atoms with van der Waals surface area (Å²) < 4.78 is 42.1. The van der Waals surface area contributed by atoms with E-state index in [-0.39, 0.29) is 94.5 Å². The third-order valence-electron chi connectivity index (χ3n) is 20.8. The van der Waals surface area contributed by atoms with Crippen LogP contribution < -0.4 is 16.4 Å². The van der Waals surface area contributed by atoms with Crippen molar-refractivity contribution in [3.8, 4) is 0 Å². The van der Waals surface area contributed by atoms with Crippen molar-refractivity contribution in [2.24, 2.45) is 45.1 Å². The summed E-state index contributed by atoms with van der Waals surface area (Å²) >= 11 is 24.9. The van der Waals surface area contributed by atoms with Crippen LogP contribution in [-0.4, -0.2) is 116 Å². The monoisotopic (exact) mass is 1260 g/mol. The number of carboxylic acids is 1. The first-order chi connectivity index (χ1) is 40.2. The highest BCUT2D eigenvalue weighted by Gasteiger charge is 2.74. The highest BCUT2D eigenvalue weighted by molar-refractivity contribution is 6.32. The van der Waals surface area contributed by atoms with Gasteiger partial charge < -0.3 is 51.4 Å². The lowest BCUT2D eigenvalue weighted by atomic mass is 9.51. The van der Waals surface area contributed by atoms with Gasteiger partial charge in [-0.3, -0.25) is 19.2 Å². The van der Waals surface area contributed by atoms with E-state index >= 15 is 8.78 Å². The van der Waals surface area contributed by atoms with Gasteiger partial charge in [0.25, 0.3) is 0 Å². The number of nitrogens with two attached hydrogens (primary N) is 1. The van der Waals surface area contributed by atoms with Crippen molar-refractivity contribution in [1.29, 1.82) is 0 Å². The number of aliphatic carboxylic acids is 1. The molecule has 2 aromatic carbocycles. The summed E-state index contributed by atoms with van der Waals surface area (Å²) in [5, 5.41) is 54.4. The van der Waals surface area contributed by atoms with Crippen LogP contribution >= 0.6 is 46.4 Å². The molecule has 460 valence electrons. The van der Waals surface area contributed by atoms with Gasteiger partial charge in [-0.05, 0) is 163 Å². The molecule has 9 N–H and O–H groups in total. The van der Waals surface area contributed by atoms with Gasteiger partial charge in [0.1, 0.15) is 18.0 Å². The molecule has 12 atom stereocenters. The Balaban J connectivity index is 0.000000166. The van der Waals surface area contributed by atoms with Gasteiger partial charge in [0, 0.05) is 64.0 Å². The number of halogens is 6. The maximum atomic E-state index is 16.0. The largest absolute Gasteiger partial charge is 0.481 e. The molecule has 8 aliphatic rings. The molecule has 6 heterocycles. The smallest absolute Gasteiger partial charge is 0.307 e. The first-order valence-electron chi connectivity index (χ1n) is 29.3. The van der Waals surface area contributed by atoms with Gasteiger partial charge >= 0.3 is 5.97 Å². The number of hydrogen-bond donors (Lipinski definition) is 8. The number of ketones is 1. The molecule has 2 saturated heterocycles. The number of amides is 2. The van der Waals surface area contributed by atoms with Gasteiger partial charge in [-0.1, -0.05) is 86.2 Å². The number of Topliss-reactive ketones (excluding diaryl/α,β-unsaturated/α-hetero) is 1. The number of carbonyl (C=O) groups is 4. The number of benzene rings is 2. The van der Waals surface area contributed by atoms with Crippen molar-refractivity contribution in [3.63, 3.8) is 0 Å². The van der Waals surface area contributed by atoms with Gasteiger partial charge in [0.2, 0.25) is 11.8 Å². The zero-order chi connectivity index (χ0) is 61.3. The summed E-state index contributed by atoms with van der Waals surface area (Å²) in [6.45, 7) is 9.06. The molecule has 16 nitrogen and oxygen atoms in total. The van der Waals surface area contributed by atoms with Crippen LogP contribution in [0, 0.1) is 51.0 Å². The summed E-state index contributed by atoms with van der Waals surface area (Å²) in [6.07, 6.45) is 8.08. The standard InChI is InChI=1S/C32H37Cl2FN2O5.C25H25Cl2FN2O3.C6H13NO3/c1-30(2)6-8-31(9-7-30)14-20(23(39)11-17-12-24(40)25(15-38)42-16-17)26(19-5-10-36-28(34)27(19)35)32(31)21-4-3-18(33)13-22(21)37-29(32)41;1-23(2)6-8-24(9-7-23)12-15(21(31)32)18(14-5-10-29-20(27)19(14)28)25(24)16-4-3-13(26)11-17(16)30-22(25)33;7-4-1-5(9)6(2-8)10-3-4/h3-5,10,13,17,20,24-26,38,40H,6-9,11-12,14-16H2,1-2H3,(H,37,41);3-5,10-11,15,18H,6-9,12H2,1-2H3,(H,30,33)(H,31,32);4-6,8-9H,1-3,7H2/t17-,20+,24+,25-,26+,32-;15-,18+,25?;4-,5+,6-/m111/s1. The minimum Gasteiger partial charge on any atom is -0.481 e. The van der Waals surface area contributed by atoms with Gasteiger partial charge in [-0.25, -0.2) is 18.7 Å². The van der Waals surface area contributed by atoms with Crippen LogP contribution in [0.1, 0.15) is 145 Å². The van der Waals surface area contributed by atoms with Crippen LogP contribution in [0.2, 0.25) is 20.4 Å². The lowest BCUT2D eigenvalue weighted by Crippen LogP contribution is -2.52. The zero-order valence-corrected chi connectivity index (χ0v) is 51.0. The molecule has 4 aromatic rings. The number of nitrogens with one attached hydrogen (secondary N) is 2. The molecular formula is C63H75Cl4F2N5O11. The Morgan fingerprint density at radius 1 is 0.647 bits per heavy atom. The highest BCUT2D eigenvalue weighted by atomic mass is 35.5. The maximum absolute atomic E-state index is 16.0. The van der Waals surface area contributed by atoms with Crippen molar-refractivity contribution in [2.45, 2.75) is 164 Å². The summed E-state index contributed by atoms with van der Waals surface area (Å²) in [6, 6.07) is 13.5. The van der Waals surface area contributed by atoms with Crippen molar-refractivity contribution in [3.05, 3.63) is 115 Å². The molecule has 4 spiro atoms. The van der Waals surface area contributed by atoms with Gasteiger partial charge in [0.15, 0.2) is 21.9 Å². The maximum Gasteiger partial charge on any atom is 0.307 e. The molecule has 6 fully saturated rings. The summed E-state index contributed by atoms with van der Waals surface area (Å²) in [5.41, 5.74) is 4.85. The fourth-order valence-corrected chi connectivity index (χ4v) is 17.2. The van der Waals surface area contributed by atoms with Crippen LogP contribution in [0.15, 0.2) is 60.9 Å². The number of rotatable bonds is 8. The SMILES string of the molecule is CC1(C)CCC2(CC1)C[C@@H](C(=O)C[C@H]1CO[C@H](CO)[C@@H](O)C1)[C@H](c1ccnc(Cl)c1F)[C@]21C(=O)Nc2cc(Cl)ccc21.CC1(C)CCC2(CC1)C[C@@H](C(=O)O)[C@H](c1ccnc(Cl)c1F)C21C(=O)Nc2cc(Cl)ccc21.N[C@H]1CO[C@H](CO)[C@@H](O)C1. The van der Waals surface area contributed by atoms with Crippen LogP contribution in [0.25, 0.3) is 0 Å². The second-order valence-electron chi connectivity index (χ2n) is 26.7. The Morgan fingerprint density at radius 3 is 1.49 bits per heavy atom. The number of fused-ring (bicyclic) bond motifs is 6. The quantitative estimate of drug-likeness (QED) is 0.0763. The number of nitrogens with zero attached hydrogens (tertiary/aromatic N) is 2. The average molecular weight is 1260 g/mol. The minimum atomic E-state index is -1.25. The Morgan fingerprint density at radius 2 is 1.07 bits per heavy atom. The molecule has 4 aliphatic heterocycles. The van der Waals surface area contributed by atoms with E-state index in [0.29, 0.717) is 78.5 Å². The lowest BCUT2D eigenvalue weighted by molar-refractivity contribution is -0.142. The molecule has 4 aliphatic carbocycles. The highest BCUT2D eigenvalue weighted by Crippen LogP contribution is 2.74. The van der Waals surface area contributed by atoms with Gasteiger partial charge in [0.05, 0.1) is 55.4 Å². The topological polar surface area (TPSA) is 264 Å². The number of aliphatic hydroxyl groups excluding tert-OH is 4. The van der Waals surface area contributed by atoms with E-state index in [1.165, 1.54) is 18.5 Å². The summed E-state index contributed by atoms with van der Waals surface area (Å²) in [7, 11) is 0. The molecule has 1 unspecified atom stereocenters. The van der Waals surface area contributed by atoms with Gasteiger partial charge in [-0.2, -0.15) is 0 Å². The number of aromatic nitrogens is 2. The average Bonchev–Trinajstić information content (AvgIpc) is 1.58. The third kappa shape index (κ3) is 11.1. The molecule has 2 aromatic heterocycles. The van der Waals surface area contributed by atoms with Crippen LogP contribution in [0.5, 0.6) is 0 Å². The number of hydrogen-bond acceptors (Lipinski definition) is 13. The molecule has 22 heteroatoms. The Kier molecular flexibility index (Phi) is 18.1. The van der Waals surface area contributed by atoms with E-state index in [2.05, 4.69) is 48.3 Å². The van der Waals surface area contributed by atoms with Crippen molar-refractivity contribution in [2.75, 3.05) is 37.1 Å². The summed E-state index contributed by atoms with van der Waals surface area (Å²) in [4.78, 5) is 63.4. The molecular weight excluding hydrogens is 1180 g/mol. The van der Waals surface area contributed by atoms with E-state index < -0.39 is 87.4 Å². The predicted molar refractivity (Wildman–Crippen MR) is 317 cm³/mol. The minimum absolute atomic E-state index is 0.0754. The van der Waals surface area contributed by atoms with Crippen LogP contribution in [0.4, 0.5) is 20.2 Å². The Hall–Kier alpha value is -4.44. The van der Waals surface area contributed by atoms with E-state index in [9.17, 15) is 39.6 Å². The molecule has 2 amide bonds. The Bertz CT molecular complexity index is 3230. The van der Waals surface area contributed by atoms with E-state index in [4.69, 9.17) is 66.7 Å². The zero-order valence-electron chi connectivity index (χ0n) is 48.0. The van der Waals surface area contributed by atoms with E-state index in [0.717, 1.165) is 31.2 Å². The van der Waals surface area contributed by atoms with E-state index in [1.807, 2.05) is 6.07 Å². The van der Waals surface area contributed by atoms with Crippen LogP contribution in [-0.2, 0) is 39.5 Å². The first-order valence-corrected chi connectivity index (χ1v) is 30.8. The Labute approximate surface area is 513 Å². The molecule has 12 rings (SSSR count). The number of pyridine rings is 2. The van der Waals surface area contributed by atoms with Crippen molar-refractivity contribution >= 4 is 81.3 Å². The number of ether oxygens (including phenoxy) is 2. The lowest BCUT2D eigenvalue weighted by Gasteiger charge is -2.51. The molecule has 4 saturated carbocycles. The van der Waals surface area contributed by atoms with Gasteiger partial charge in [-0.15, -0.1) is 0 Å². The second kappa shape index (κ2) is 24.2. The number of carboxylic acid groups (broad SMARTS) is 1. The summed E-state index contributed by atoms with van der Waals surface area (Å²) in [5.74, 6) is -6.79. The fourth-order valence-electron chi connectivity index (χ4n) is 16.5. The molecule has 85 heavy (non-hydrogen) atoms. The normalized spacial score (nSPS) is 32.6. The van der Waals surface area contributed by atoms with Crippen molar-refractivity contribution < 1.29 is 63.0 Å². The third-order valence-corrected chi connectivity index (χ3v) is 21.8. The van der Waals surface area contributed by atoms with E-state index in [1.54, 1.807) is 36.4 Å². The van der Waals surface area contributed by atoms with Crippen LogP contribution in [0.3, 0.4) is 0 Å². The molecule has 0 radical (unpaired) electrons. The number of carbonyl (C=O) groups excluding carboxylic acids is 3. The fraction of sp³-hybridized carbons (Fsp3) is 0.587. The number of anilines is 2. The number of aliphatic hydroxyl groups is 4. The predicted octanol–water partition coefficient (Wildman–Crippen LogP) is 10.5.